The number of carbonyl (C=O) groups excluding carboxylic acids is 1. The van der Waals surface area contributed by atoms with Crippen LogP contribution in [0.5, 0.6) is 0 Å². The van der Waals surface area contributed by atoms with E-state index in [4.69, 9.17) is 10.2 Å². The van der Waals surface area contributed by atoms with Gasteiger partial charge in [0, 0.05) is 19.2 Å². The van der Waals surface area contributed by atoms with Crippen LogP contribution in [0.1, 0.15) is 17.7 Å². The SMILES string of the molecule is Cc1occc1CN(C)C(=O)CC(N)=S. The van der Waals surface area contributed by atoms with Crippen molar-refractivity contribution in [3.63, 3.8) is 0 Å². The highest BCUT2D eigenvalue weighted by Crippen LogP contribution is 2.11. The molecule has 0 aliphatic rings. The summed E-state index contributed by atoms with van der Waals surface area (Å²) < 4.78 is 5.14. The summed E-state index contributed by atoms with van der Waals surface area (Å²) >= 11 is 4.68. The maximum Gasteiger partial charge on any atom is 0.229 e. The summed E-state index contributed by atoms with van der Waals surface area (Å²) in [5.41, 5.74) is 6.29. The molecule has 1 rings (SSSR count). The molecule has 0 aromatic carbocycles. The van der Waals surface area contributed by atoms with Crippen LogP contribution >= 0.6 is 12.2 Å². The molecule has 0 bridgehead atoms. The number of carbonyl (C=O) groups is 1. The molecule has 0 atom stereocenters. The van der Waals surface area contributed by atoms with Crippen molar-refractivity contribution in [3.8, 4) is 0 Å². The fourth-order valence-electron chi connectivity index (χ4n) is 1.20. The van der Waals surface area contributed by atoms with Crippen LogP contribution in [0.2, 0.25) is 0 Å². The monoisotopic (exact) mass is 226 g/mol. The van der Waals surface area contributed by atoms with Crippen molar-refractivity contribution in [2.24, 2.45) is 5.73 Å². The first-order chi connectivity index (χ1) is 7.00. The lowest BCUT2D eigenvalue weighted by molar-refractivity contribution is -0.129. The van der Waals surface area contributed by atoms with E-state index in [2.05, 4.69) is 12.2 Å². The number of hydrogen-bond donors (Lipinski definition) is 1. The highest BCUT2D eigenvalue weighted by molar-refractivity contribution is 7.80. The van der Waals surface area contributed by atoms with Gasteiger partial charge in [0.2, 0.25) is 5.91 Å². The lowest BCUT2D eigenvalue weighted by Gasteiger charge is -2.16. The summed E-state index contributed by atoms with van der Waals surface area (Å²) in [5.74, 6) is 0.744. The molecule has 0 fully saturated rings. The lowest BCUT2D eigenvalue weighted by Crippen LogP contribution is -2.29. The molecular formula is C10H14N2O2S. The number of furan rings is 1. The first kappa shape index (κ1) is 11.7. The number of rotatable bonds is 4. The first-order valence-corrected chi connectivity index (χ1v) is 4.96. The molecule has 4 nitrogen and oxygen atoms in total. The fourth-order valence-corrected chi connectivity index (χ4v) is 1.33. The van der Waals surface area contributed by atoms with Crippen molar-refractivity contribution in [1.82, 2.24) is 4.90 Å². The molecule has 0 aliphatic carbocycles. The molecule has 2 N–H and O–H groups in total. The second kappa shape index (κ2) is 4.93. The van der Waals surface area contributed by atoms with E-state index in [0.717, 1.165) is 11.3 Å². The zero-order chi connectivity index (χ0) is 11.4. The Morgan fingerprint density at radius 3 is 2.80 bits per heavy atom. The summed E-state index contributed by atoms with van der Waals surface area (Å²) in [7, 11) is 1.72. The predicted octanol–water partition coefficient (Wildman–Crippen LogP) is 1.22. The van der Waals surface area contributed by atoms with Crippen LogP contribution in [0, 0.1) is 6.92 Å². The molecule has 0 radical (unpaired) electrons. The zero-order valence-corrected chi connectivity index (χ0v) is 9.63. The van der Waals surface area contributed by atoms with Crippen LogP contribution < -0.4 is 5.73 Å². The molecule has 0 aliphatic heterocycles. The van der Waals surface area contributed by atoms with Gasteiger partial charge in [-0.3, -0.25) is 4.79 Å². The van der Waals surface area contributed by atoms with Gasteiger partial charge in [-0.15, -0.1) is 0 Å². The molecule has 0 saturated carbocycles. The second-order valence-electron chi connectivity index (χ2n) is 3.39. The Kier molecular flexibility index (Phi) is 3.85. The number of thiocarbonyl (C=S) groups is 1. The van der Waals surface area contributed by atoms with Gasteiger partial charge in [-0.05, 0) is 13.0 Å². The maximum absolute atomic E-state index is 11.5. The van der Waals surface area contributed by atoms with Crippen molar-refractivity contribution in [1.29, 1.82) is 0 Å². The van der Waals surface area contributed by atoms with E-state index in [0.29, 0.717) is 6.54 Å². The van der Waals surface area contributed by atoms with E-state index in [1.54, 1.807) is 18.2 Å². The average Bonchev–Trinajstić information content (AvgIpc) is 2.50. The number of amides is 1. The summed E-state index contributed by atoms with van der Waals surface area (Å²) in [6.07, 6.45) is 1.72. The molecule has 0 spiro atoms. The largest absolute Gasteiger partial charge is 0.469 e. The Labute approximate surface area is 94.0 Å². The van der Waals surface area contributed by atoms with Gasteiger partial charge in [0.15, 0.2) is 0 Å². The Morgan fingerprint density at radius 1 is 1.67 bits per heavy atom. The summed E-state index contributed by atoms with van der Waals surface area (Å²) in [6, 6.07) is 1.85. The second-order valence-corrected chi connectivity index (χ2v) is 3.92. The normalized spacial score (nSPS) is 10.0. The Hall–Kier alpha value is -1.36. The van der Waals surface area contributed by atoms with Crippen molar-refractivity contribution < 1.29 is 9.21 Å². The Balaban J connectivity index is 2.56. The zero-order valence-electron chi connectivity index (χ0n) is 8.82. The van der Waals surface area contributed by atoms with E-state index in [1.807, 2.05) is 13.0 Å². The smallest absolute Gasteiger partial charge is 0.229 e. The molecule has 5 heteroatoms. The van der Waals surface area contributed by atoms with Crippen molar-refractivity contribution in [2.45, 2.75) is 19.9 Å². The van der Waals surface area contributed by atoms with Crippen LogP contribution in [0.25, 0.3) is 0 Å². The number of nitrogens with zero attached hydrogens (tertiary/aromatic N) is 1. The van der Waals surface area contributed by atoms with Crippen molar-refractivity contribution in [2.75, 3.05) is 7.05 Å². The third-order valence-electron chi connectivity index (χ3n) is 2.12. The molecule has 0 saturated heterocycles. The topological polar surface area (TPSA) is 59.5 Å². The summed E-state index contributed by atoms with van der Waals surface area (Å²) in [6.45, 7) is 2.38. The number of aryl methyl sites for hydroxylation is 1. The van der Waals surface area contributed by atoms with Crippen LogP contribution in [-0.2, 0) is 11.3 Å². The van der Waals surface area contributed by atoms with E-state index in [9.17, 15) is 4.79 Å². The molecule has 15 heavy (non-hydrogen) atoms. The standard InChI is InChI=1S/C10H14N2O2S/c1-7-8(3-4-14-7)6-12(2)10(13)5-9(11)15/h3-4H,5-6H2,1-2H3,(H2,11,15). The first-order valence-electron chi connectivity index (χ1n) is 4.56. The number of nitrogens with two attached hydrogens (primary N) is 1. The molecule has 82 valence electrons. The quantitative estimate of drug-likeness (QED) is 0.784. The Morgan fingerprint density at radius 2 is 2.33 bits per heavy atom. The van der Waals surface area contributed by atoms with Gasteiger partial charge in [-0.25, -0.2) is 0 Å². The minimum atomic E-state index is -0.0805. The fraction of sp³-hybridized carbons (Fsp3) is 0.400. The summed E-state index contributed by atoms with van der Waals surface area (Å²) in [5, 5.41) is 0. The summed E-state index contributed by atoms with van der Waals surface area (Å²) in [4.78, 5) is 13.3. The van der Waals surface area contributed by atoms with Gasteiger partial charge in [-0.2, -0.15) is 0 Å². The van der Waals surface area contributed by atoms with E-state index >= 15 is 0 Å². The molecular weight excluding hydrogens is 212 g/mol. The van der Waals surface area contributed by atoms with Crippen molar-refractivity contribution >= 4 is 23.1 Å². The van der Waals surface area contributed by atoms with E-state index in [-0.39, 0.29) is 17.3 Å². The maximum atomic E-state index is 11.5. The third-order valence-corrected chi connectivity index (χ3v) is 2.27. The lowest BCUT2D eigenvalue weighted by atomic mass is 10.2. The van der Waals surface area contributed by atoms with E-state index in [1.165, 1.54) is 0 Å². The van der Waals surface area contributed by atoms with Crippen LogP contribution in [0.15, 0.2) is 16.7 Å². The van der Waals surface area contributed by atoms with Crippen LogP contribution in [-0.4, -0.2) is 22.8 Å². The van der Waals surface area contributed by atoms with E-state index < -0.39 is 0 Å². The highest BCUT2D eigenvalue weighted by atomic mass is 32.1. The highest BCUT2D eigenvalue weighted by Gasteiger charge is 2.12. The molecule has 0 unspecified atom stereocenters. The predicted molar refractivity (Wildman–Crippen MR) is 61.3 cm³/mol. The van der Waals surface area contributed by atoms with Gasteiger partial charge in [0.1, 0.15) is 5.76 Å². The van der Waals surface area contributed by atoms with Gasteiger partial charge < -0.3 is 15.1 Å². The number of hydrogen-bond acceptors (Lipinski definition) is 3. The molecule has 1 aromatic heterocycles. The minimum Gasteiger partial charge on any atom is -0.469 e. The average molecular weight is 226 g/mol. The minimum absolute atomic E-state index is 0.0805. The van der Waals surface area contributed by atoms with Gasteiger partial charge >= 0.3 is 0 Å². The van der Waals surface area contributed by atoms with Gasteiger partial charge in [-0.1, -0.05) is 12.2 Å². The van der Waals surface area contributed by atoms with Gasteiger partial charge in [0.25, 0.3) is 0 Å². The van der Waals surface area contributed by atoms with Crippen LogP contribution in [0.4, 0.5) is 0 Å². The third kappa shape index (κ3) is 3.36. The molecule has 1 heterocycles. The molecule has 1 aromatic rings. The molecule has 1 amide bonds. The van der Waals surface area contributed by atoms with Crippen LogP contribution in [0.3, 0.4) is 0 Å². The van der Waals surface area contributed by atoms with Crippen molar-refractivity contribution in [3.05, 3.63) is 23.7 Å². The Bertz CT molecular complexity index is 373. The van der Waals surface area contributed by atoms with Gasteiger partial charge in [0.05, 0.1) is 17.7 Å².